The van der Waals surface area contributed by atoms with E-state index in [0.29, 0.717) is 17.1 Å². The molecule has 122 valence electrons. The highest BCUT2D eigenvalue weighted by molar-refractivity contribution is 5.95. The third kappa shape index (κ3) is 5.14. The molecule has 0 fully saturated rings. The largest absolute Gasteiger partial charge is 0.491 e. The zero-order valence-corrected chi connectivity index (χ0v) is 13.2. The lowest BCUT2D eigenvalue weighted by molar-refractivity contribution is -0.119. The van der Waals surface area contributed by atoms with Crippen LogP contribution in [0.4, 0.5) is 5.82 Å². The van der Waals surface area contributed by atoms with Gasteiger partial charge in [0, 0.05) is 6.07 Å². The standard InChI is InChI=1S/C16H18N2O5/c1-10(2)22-13-6-4-12(5-7-13)16(20)21-9-15(19)17-14-8-11(3)23-18-14/h4-8,10H,9H2,1-3H3,(H,17,18,19). The van der Waals surface area contributed by atoms with E-state index in [1.165, 1.54) is 0 Å². The van der Waals surface area contributed by atoms with Crippen molar-refractivity contribution in [3.8, 4) is 5.75 Å². The fourth-order valence-corrected chi connectivity index (χ4v) is 1.76. The zero-order valence-electron chi connectivity index (χ0n) is 13.2. The number of rotatable bonds is 6. The molecule has 7 heteroatoms. The Hall–Kier alpha value is -2.83. The molecule has 0 saturated heterocycles. The molecule has 0 radical (unpaired) electrons. The molecule has 1 aromatic heterocycles. The number of carbonyl (C=O) groups excluding carboxylic acids is 2. The van der Waals surface area contributed by atoms with Crippen LogP contribution in [-0.4, -0.2) is 29.7 Å². The lowest BCUT2D eigenvalue weighted by Crippen LogP contribution is -2.21. The monoisotopic (exact) mass is 318 g/mol. The Balaban J connectivity index is 1.83. The average molecular weight is 318 g/mol. The van der Waals surface area contributed by atoms with E-state index < -0.39 is 18.5 Å². The molecule has 1 N–H and O–H groups in total. The molecular weight excluding hydrogens is 300 g/mol. The SMILES string of the molecule is Cc1cc(NC(=O)COC(=O)c2ccc(OC(C)C)cc2)no1. The molecule has 0 spiro atoms. The van der Waals surface area contributed by atoms with E-state index in [4.69, 9.17) is 14.0 Å². The predicted molar refractivity (Wildman–Crippen MR) is 82.4 cm³/mol. The Kier molecular flexibility index (Phi) is 5.35. The van der Waals surface area contributed by atoms with Gasteiger partial charge in [-0.1, -0.05) is 5.16 Å². The number of amides is 1. The molecule has 0 unspecified atom stereocenters. The number of aryl methyl sites for hydroxylation is 1. The molecular formula is C16H18N2O5. The maximum absolute atomic E-state index is 11.9. The Labute approximate surface area is 133 Å². The Morgan fingerprint density at radius 3 is 2.52 bits per heavy atom. The van der Waals surface area contributed by atoms with Gasteiger partial charge in [0.05, 0.1) is 11.7 Å². The molecule has 1 heterocycles. The van der Waals surface area contributed by atoms with E-state index in [0.717, 1.165) is 0 Å². The Morgan fingerprint density at radius 2 is 1.96 bits per heavy atom. The van der Waals surface area contributed by atoms with Crippen molar-refractivity contribution in [3.05, 3.63) is 41.7 Å². The van der Waals surface area contributed by atoms with E-state index in [-0.39, 0.29) is 11.9 Å². The van der Waals surface area contributed by atoms with Gasteiger partial charge in [0.25, 0.3) is 5.91 Å². The van der Waals surface area contributed by atoms with Crippen LogP contribution < -0.4 is 10.1 Å². The minimum atomic E-state index is -0.590. The lowest BCUT2D eigenvalue weighted by Gasteiger charge is -2.10. The van der Waals surface area contributed by atoms with Gasteiger partial charge in [-0.25, -0.2) is 4.79 Å². The van der Waals surface area contributed by atoms with E-state index in [2.05, 4.69) is 10.5 Å². The molecule has 2 rings (SSSR count). The number of anilines is 1. The third-order valence-corrected chi connectivity index (χ3v) is 2.69. The summed E-state index contributed by atoms with van der Waals surface area (Å²) in [5.74, 6) is 0.425. The van der Waals surface area contributed by atoms with Crippen LogP contribution in [0.2, 0.25) is 0 Å². The summed E-state index contributed by atoms with van der Waals surface area (Å²) in [6.45, 7) is 5.12. The normalized spacial score (nSPS) is 10.4. The minimum absolute atomic E-state index is 0.0525. The predicted octanol–water partition coefficient (Wildman–Crippen LogP) is 2.57. The Bertz CT molecular complexity index is 676. The van der Waals surface area contributed by atoms with Crippen LogP contribution in [0.5, 0.6) is 5.75 Å². The first-order valence-electron chi connectivity index (χ1n) is 7.11. The molecule has 0 bridgehead atoms. The van der Waals surface area contributed by atoms with Crippen LogP contribution in [-0.2, 0) is 9.53 Å². The first-order valence-corrected chi connectivity index (χ1v) is 7.11. The number of carbonyl (C=O) groups is 2. The van der Waals surface area contributed by atoms with Gasteiger partial charge in [-0.2, -0.15) is 0 Å². The van der Waals surface area contributed by atoms with Crippen molar-refractivity contribution in [1.82, 2.24) is 5.16 Å². The number of ether oxygens (including phenoxy) is 2. The van der Waals surface area contributed by atoms with Gasteiger partial charge in [0.2, 0.25) is 0 Å². The van der Waals surface area contributed by atoms with Gasteiger partial charge in [0.1, 0.15) is 11.5 Å². The topological polar surface area (TPSA) is 90.7 Å². The summed E-state index contributed by atoms with van der Waals surface area (Å²) in [6.07, 6.45) is 0.0525. The van der Waals surface area contributed by atoms with Gasteiger partial charge in [-0.15, -0.1) is 0 Å². The van der Waals surface area contributed by atoms with Crippen molar-refractivity contribution in [2.75, 3.05) is 11.9 Å². The Morgan fingerprint density at radius 1 is 1.26 bits per heavy atom. The van der Waals surface area contributed by atoms with Crippen LogP contribution in [0, 0.1) is 6.92 Å². The van der Waals surface area contributed by atoms with Crippen LogP contribution in [0.3, 0.4) is 0 Å². The summed E-state index contributed by atoms with van der Waals surface area (Å²) >= 11 is 0. The molecule has 0 aliphatic rings. The second-order valence-corrected chi connectivity index (χ2v) is 5.14. The van der Waals surface area contributed by atoms with Crippen LogP contribution in [0.1, 0.15) is 30.0 Å². The fraction of sp³-hybridized carbons (Fsp3) is 0.312. The number of hydrogen-bond acceptors (Lipinski definition) is 6. The highest BCUT2D eigenvalue weighted by Crippen LogP contribution is 2.14. The van der Waals surface area contributed by atoms with E-state index in [1.807, 2.05) is 13.8 Å². The minimum Gasteiger partial charge on any atom is -0.491 e. The smallest absolute Gasteiger partial charge is 0.338 e. The summed E-state index contributed by atoms with van der Waals surface area (Å²) in [6, 6.07) is 8.08. The van der Waals surface area contributed by atoms with Crippen molar-refractivity contribution in [1.29, 1.82) is 0 Å². The van der Waals surface area contributed by atoms with Gasteiger partial charge < -0.3 is 19.3 Å². The van der Waals surface area contributed by atoms with E-state index in [1.54, 1.807) is 37.3 Å². The van der Waals surface area contributed by atoms with Gasteiger partial charge in [-0.3, -0.25) is 4.79 Å². The summed E-state index contributed by atoms with van der Waals surface area (Å²) in [7, 11) is 0. The van der Waals surface area contributed by atoms with Crippen molar-refractivity contribution >= 4 is 17.7 Å². The zero-order chi connectivity index (χ0) is 16.8. The number of aromatic nitrogens is 1. The molecule has 1 amide bonds. The summed E-state index contributed by atoms with van der Waals surface area (Å²) in [4.78, 5) is 23.5. The first kappa shape index (κ1) is 16.5. The molecule has 1 aromatic carbocycles. The number of nitrogens with one attached hydrogen (secondary N) is 1. The number of benzene rings is 1. The molecule has 0 saturated carbocycles. The van der Waals surface area contributed by atoms with Crippen LogP contribution in [0.25, 0.3) is 0 Å². The molecule has 0 aliphatic heterocycles. The van der Waals surface area contributed by atoms with Crippen LogP contribution in [0.15, 0.2) is 34.9 Å². The van der Waals surface area contributed by atoms with Gasteiger partial charge in [-0.05, 0) is 45.0 Å². The van der Waals surface area contributed by atoms with Crippen molar-refractivity contribution in [3.63, 3.8) is 0 Å². The second-order valence-electron chi connectivity index (χ2n) is 5.14. The molecule has 0 aliphatic carbocycles. The highest BCUT2D eigenvalue weighted by Gasteiger charge is 2.12. The number of hydrogen-bond donors (Lipinski definition) is 1. The molecule has 0 atom stereocenters. The summed E-state index contributed by atoms with van der Waals surface area (Å²) in [5.41, 5.74) is 0.339. The third-order valence-electron chi connectivity index (χ3n) is 2.69. The fourth-order valence-electron chi connectivity index (χ4n) is 1.76. The lowest BCUT2D eigenvalue weighted by atomic mass is 10.2. The maximum atomic E-state index is 11.9. The number of esters is 1. The summed E-state index contributed by atoms with van der Waals surface area (Å²) < 4.78 is 15.2. The molecule has 23 heavy (non-hydrogen) atoms. The number of nitrogens with zero attached hydrogens (tertiary/aromatic N) is 1. The van der Waals surface area contributed by atoms with Crippen molar-refractivity contribution < 1.29 is 23.6 Å². The van der Waals surface area contributed by atoms with Crippen molar-refractivity contribution in [2.24, 2.45) is 0 Å². The average Bonchev–Trinajstić information content (AvgIpc) is 2.90. The van der Waals surface area contributed by atoms with Crippen LogP contribution >= 0.6 is 0 Å². The molecule has 2 aromatic rings. The first-order chi connectivity index (χ1) is 10.9. The van der Waals surface area contributed by atoms with E-state index >= 15 is 0 Å². The molecule has 7 nitrogen and oxygen atoms in total. The van der Waals surface area contributed by atoms with Gasteiger partial charge in [0.15, 0.2) is 12.4 Å². The highest BCUT2D eigenvalue weighted by atomic mass is 16.5. The maximum Gasteiger partial charge on any atom is 0.338 e. The summed E-state index contributed by atoms with van der Waals surface area (Å²) in [5, 5.41) is 6.07. The van der Waals surface area contributed by atoms with Crippen molar-refractivity contribution in [2.45, 2.75) is 26.9 Å². The quantitative estimate of drug-likeness (QED) is 0.823. The van der Waals surface area contributed by atoms with E-state index in [9.17, 15) is 9.59 Å². The second kappa shape index (κ2) is 7.44. The van der Waals surface area contributed by atoms with Gasteiger partial charge >= 0.3 is 5.97 Å².